The van der Waals surface area contributed by atoms with Crippen LogP contribution in [0.25, 0.3) is 11.4 Å². The van der Waals surface area contributed by atoms with E-state index in [9.17, 15) is 13.2 Å². The van der Waals surface area contributed by atoms with Crippen LogP contribution in [0, 0.1) is 12.8 Å². The number of likely N-dealkylation sites (tertiary alicyclic amines) is 1. The van der Waals surface area contributed by atoms with Crippen molar-refractivity contribution >= 4 is 31.9 Å². The number of sulfonamides is 1. The summed E-state index contributed by atoms with van der Waals surface area (Å²) in [5.74, 6) is 1.20. The molecule has 0 radical (unpaired) electrons. The summed E-state index contributed by atoms with van der Waals surface area (Å²) >= 11 is 3.46. The third-order valence-corrected chi connectivity index (χ3v) is 9.46. The molecule has 0 bridgehead atoms. The van der Waals surface area contributed by atoms with E-state index in [1.807, 2.05) is 36.1 Å². The second-order valence-corrected chi connectivity index (χ2v) is 12.5. The fourth-order valence-corrected chi connectivity index (χ4v) is 6.68. The van der Waals surface area contributed by atoms with E-state index in [0.29, 0.717) is 49.3 Å². The number of hydrogen-bond donors (Lipinski definition) is 0. The SMILES string of the molecule is Cc1ccc(S(=O)(=O)N2CCN(C(=O)C3CCN(Cc4nc(-c5cccc(Br)c5)no4)CC3)CC2)cc1. The van der Waals surface area contributed by atoms with Gasteiger partial charge in [0.05, 0.1) is 11.4 Å². The van der Waals surface area contributed by atoms with Crippen LogP contribution in [-0.4, -0.2) is 77.8 Å². The second-order valence-electron chi connectivity index (χ2n) is 9.61. The van der Waals surface area contributed by atoms with E-state index in [-0.39, 0.29) is 11.8 Å². The molecule has 11 heteroatoms. The van der Waals surface area contributed by atoms with Crippen LogP contribution in [0.2, 0.25) is 0 Å². The second kappa shape index (κ2) is 11.0. The number of halogens is 1. The van der Waals surface area contributed by atoms with Crippen molar-refractivity contribution in [2.75, 3.05) is 39.3 Å². The van der Waals surface area contributed by atoms with Crippen LogP contribution in [0.1, 0.15) is 24.3 Å². The van der Waals surface area contributed by atoms with Crippen LogP contribution in [0.4, 0.5) is 0 Å². The number of hydrogen-bond acceptors (Lipinski definition) is 7. The first-order chi connectivity index (χ1) is 17.8. The van der Waals surface area contributed by atoms with Crippen molar-refractivity contribution in [3.63, 3.8) is 0 Å². The summed E-state index contributed by atoms with van der Waals surface area (Å²) in [5.41, 5.74) is 1.91. The fraction of sp³-hybridized carbons (Fsp3) is 0.423. The Morgan fingerprint density at radius 3 is 2.41 bits per heavy atom. The lowest BCUT2D eigenvalue weighted by Gasteiger charge is -2.38. The first-order valence-electron chi connectivity index (χ1n) is 12.5. The zero-order valence-corrected chi connectivity index (χ0v) is 23.1. The first kappa shape index (κ1) is 26.0. The maximum Gasteiger partial charge on any atom is 0.243 e. The van der Waals surface area contributed by atoms with Gasteiger partial charge in [-0.3, -0.25) is 9.69 Å². The third-order valence-electron chi connectivity index (χ3n) is 7.06. The number of carbonyl (C=O) groups excluding carboxylic acids is 1. The van der Waals surface area contributed by atoms with Crippen LogP contribution in [0.3, 0.4) is 0 Å². The van der Waals surface area contributed by atoms with Gasteiger partial charge in [-0.15, -0.1) is 0 Å². The third kappa shape index (κ3) is 5.95. The molecule has 3 aromatic rings. The molecule has 9 nitrogen and oxygen atoms in total. The zero-order chi connectivity index (χ0) is 26.0. The predicted octanol–water partition coefficient (Wildman–Crippen LogP) is 3.55. The van der Waals surface area contributed by atoms with Crippen LogP contribution < -0.4 is 0 Å². The molecule has 0 saturated carbocycles. The normalized spacial score (nSPS) is 18.3. The number of nitrogens with zero attached hydrogens (tertiary/aromatic N) is 5. The Morgan fingerprint density at radius 2 is 1.73 bits per heavy atom. The van der Waals surface area contributed by atoms with Gasteiger partial charge < -0.3 is 9.42 Å². The van der Waals surface area contributed by atoms with Crippen LogP contribution in [0.15, 0.2) is 62.4 Å². The Bertz CT molecular complexity index is 1350. The molecule has 0 N–H and O–H groups in total. The molecule has 1 amide bonds. The van der Waals surface area contributed by atoms with Gasteiger partial charge in [-0.05, 0) is 57.1 Å². The van der Waals surface area contributed by atoms with E-state index in [0.717, 1.165) is 41.5 Å². The molecule has 0 spiro atoms. The number of piperidine rings is 1. The van der Waals surface area contributed by atoms with Crippen LogP contribution in [0.5, 0.6) is 0 Å². The van der Waals surface area contributed by atoms with Gasteiger partial charge in [0.15, 0.2) is 0 Å². The summed E-state index contributed by atoms with van der Waals surface area (Å²) in [6.45, 7) is 5.50. The fourth-order valence-electron chi connectivity index (χ4n) is 4.86. The minimum absolute atomic E-state index is 0.0450. The molecular weight excluding hydrogens is 558 g/mol. The smallest absolute Gasteiger partial charge is 0.243 e. The van der Waals surface area contributed by atoms with E-state index in [1.165, 1.54) is 4.31 Å². The molecule has 0 aliphatic carbocycles. The number of carbonyl (C=O) groups is 1. The quantitative estimate of drug-likeness (QED) is 0.434. The number of benzene rings is 2. The molecule has 2 aliphatic heterocycles. The number of amides is 1. The summed E-state index contributed by atoms with van der Waals surface area (Å²) in [4.78, 5) is 22.0. The number of aryl methyl sites for hydroxylation is 1. The standard InChI is InChI=1S/C26H30BrN5O4S/c1-19-5-7-23(8-6-19)37(34,35)32-15-13-31(14-16-32)26(33)20-9-11-30(12-10-20)18-24-28-25(29-36-24)21-3-2-4-22(27)17-21/h2-8,17,20H,9-16,18H2,1H3. The Labute approximate surface area is 225 Å². The number of rotatable bonds is 6. The van der Waals surface area contributed by atoms with E-state index >= 15 is 0 Å². The zero-order valence-electron chi connectivity index (χ0n) is 20.7. The summed E-state index contributed by atoms with van der Waals surface area (Å²) in [6.07, 6.45) is 1.51. The summed E-state index contributed by atoms with van der Waals surface area (Å²) in [5, 5.41) is 4.10. The van der Waals surface area contributed by atoms with Gasteiger partial charge in [0.1, 0.15) is 0 Å². The predicted molar refractivity (Wildman–Crippen MR) is 142 cm³/mol. The highest BCUT2D eigenvalue weighted by molar-refractivity contribution is 9.10. The van der Waals surface area contributed by atoms with Gasteiger partial charge in [-0.25, -0.2) is 8.42 Å². The van der Waals surface area contributed by atoms with Crippen molar-refractivity contribution < 1.29 is 17.7 Å². The monoisotopic (exact) mass is 587 g/mol. The molecule has 0 unspecified atom stereocenters. The maximum absolute atomic E-state index is 13.2. The van der Waals surface area contributed by atoms with Crippen molar-refractivity contribution in [2.45, 2.75) is 31.2 Å². The van der Waals surface area contributed by atoms with Crippen LogP contribution in [-0.2, 0) is 21.4 Å². The number of aromatic nitrogens is 2. The van der Waals surface area contributed by atoms with Crippen molar-refractivity contribution in [3.8, 4) is 11.4 Å². The van der Waals surface area contributed by atoms with Crippen molar-refractivity contribution in [1.29, 1.82) is 0 Å². The van der Waals surface area contributed by atoms with Crippen molar-refractivity contribution in [3.05, 3.63) is 64.5 Å². The average Bonchev–Trinajstić information content (AvgIpc) is 3.38. The Balaban J connectivity index is 1.10. The molecule has 2 aromatic carbocycles. The minimum atomic E-state index is -3.54. The van der Waals surface area contributed by atoms with Gasteiger partial charge in [-0.1, -0.05) is 50.9 Å². The molecular formula is C26H30BrN5O4S. The van der Waals surface area contributed by atoms with E-state index in [1.54, 1.807) is 24.3 Å². The average molecular weight is 589 g/mol. The Kier molecular flexibility index (Phi) is 7.75. The lowest BCUT2D eigenvalue weighted by molar-refractivity contribution is -0.138. The first-order valence-corrected chi connectivity index (χ1v) is 14.7. The van der Waals surface area contributed by atoms with Gasteiger partial charge >= 0.3 is 0 Å². The maximum atomic E-state index is 13.2. The molecule has 0 atom stereocenters. The highest BCUT2D eigenvalue weighted by Crippen LogP contribution is 2.25. The highest BCUT2D eigenvalue weighted by atomic mass is 79.9. The van der Waals surface area contributed by atoms with Gasteiger partial charge in [0.25, 0.3) is 0 Å². The molecule has 2 saturated heterocycles. The largest absolute Gasteiger partial charge is 0.340 e. The van der Waals surface area contributed by atoms with E-state index < -0.39 is 10.0 Å². The van der Waals surface area contributed by atoms with E-state index in [4.69, 9.17) is 4.52 Å². The van der Waals surface area contributed by atoms with Gasteiger partial charge in [0, 0.05) is 42.1 Å². The Morgan fingerprint density at radius 1 is 1.03 bits per heavy atom. The summed E-state index contributed by atoms with van der Waals surface area (Å²) in [7, 11) is -3.54. The van der Waals surface area contributed by atoms with Gasteiger partial charge in [-0.2, -0.15) is 9.29 Å². The summed E-state index contributed by atoms with van der Waals surface area (Å²) in [6, 6.07) is 14.7. The van der Waals surface area contributed by atoms with Crippen LogP contribution >= 0.6 is 15.9 Å². The lowest BCUT2D eigenvalue weighted by atomic mass is 9.95. The molecule has 3 heterocycles. The van der Waals surface area contributed by atoms with E-state index in [2.05, 4.69) is 31.0 Å². The minimum Gasteiger partial charge on any atom is -0.340 e. The van der Waals surface area contributed by atoms with Crippen molar-refractivity contribution in [2.24, 2.45) is 5.92 Å². The molecule has 2 aliphatic rings. The molecule has 37 heavy (non-hydrogen) atoms. The highest BCUT2D eigenvalue weighted by Gasteiger charge is 2.34. The number of piperazine rings is 1. The lowest BCUT2D eigenvalue weighted by Crippen LogP contribution is -2.52. The summed E-state index contributed by atoms with van der Waals surface area (Å²) < 4.78 is 33.8. The molecule has 5 rings (SSSR count). The molecule has 1 aromatic heterocycles. The van der Waals surface area contributed by atoms with Crippen molar-refractivity contribution in [1.82, 2.24) is 24.2 Å². The van der Waals surface area contributed by atoms with Gasteiger partial charge in [0.2, 0.25) is 27.6 Å². The topological polar surface area (TPSA) is 99.9 Å². The molecule has 196 valence electrons. The Hall–Kier alpha value is -2.60. The molecule has 2 fully saturated rings.